The average molecular weight is 344 g/mol. The standard InChI is InChI=1S/C15H21FN2O4S/c1-23(21,22)17-15(8-10-18(11-9-15)14(19)20)7-6-12-2-4-13(16)5-3-12/h2-5,17H,6-11H2,1H3,(H,19,20). The van der Waals surface area contributed by atoms with Crippen LogP contribution in [0.1, 0.15) is 24.8 Å². The lowest BCUT2D eigenvalue weighted by molar-refractivity contribution is 0.111. The molecule has 1 saturated heterocycles. The summed E-state index contributed by atoms with van der Waals surface area (Å²) < 4.78 is 39.0. The number of hydrogen-bond acceptors (Lipinski definition) is 3. The summed E-state index contributed by atoms with van der Waals surface area (Å²) in [5.74, 6) is -0.313. The zero-order chi connectivity index (χ0) is 17.1. The van der Waals surface area contributed by atoms with Crippen molar-refractivity contribution in [1.82, 2.24) is 9.62 Å². The molecule has 128 valence electrons. The van der Waals surface area contributed by atoms with Crippen molar-refractivity contribution in [1.29, 1.82) is 0 Å². The van der Waals surface area contributed by atoms with Crippen LogP contribution in [0.5, 0.6) is 0 Å². The second-order valence-electron chi connectivity index (χ2n) is 6.05. The summed E-state index contributed by atoms with van der Waals surface area (Å²) in [6, 6.07) is 6.10. The average Bonchev–Trinajstić information content (AvgIpc) is 2.45. The highest BCUT2D eigenvalue weighted by molar-refractivity contribution is 7.88. The van der Waals surface area contributed by atoms with Crippen molar-refractivity contribution in [2.24, 2.45) is 0 Å². The number of sulfonamides is 1. The first-order chi connectivity index (χ1) is 10.7. The summed E-state index contributed by atoms with van der Waals surface area (Å²) in [7, 11) is -3.41. The molecule has 0 spiro atoms. The maximum atomic E-state index is 12.9. The van der Waals surface area contributed by atoms with Crippen LogP contribution in [0.3, 0.4) is 0 Å². The molecule has 1 aromatic carbocycles. The van der Waals surface area contributed by atoms with Gasteiger partial charge in [-0.3, -0.25) is 0 Å². The molecule has 2 N–H and O–H groups in total. The zero-order valence-corrected chi connectivity index (χ0v) is 13.8. The van der Waals surface area contributed by atoms with Gasteiger partial charge >= 0.3 is 6.09 Å². The number of halogens is 1. The number of piperidine rings is 1. The van der Waals surface area contributed by atoms with E-state index in [0.29, 0.717) is 38.8 Å². The van der Waals surface area contributed by atoms with Gasteiger partial charge in [-0.25, -0.2) is 22.3 Å². The minimum Gasteiger partial charge on any atom is -0.465 e. The predicted molar refractivity (Wildman–Crippen MR) is 84.3 cm³/mol. The third-order valence-corrected chi connectivity index (χ3v) is 5.00. The van der Waals surface area contributed by atoms with Crippen molar-refractivity contribution >= 4 is 16.1 Å². The van der Waals surface area contributed by atoms with E-state index < -0.39 is 21.7 Å². The van der Waals surface area contributed by atoms with Crippen LogP contribution in [0.4, 0.5) is 9.18 Å². The van der Waals surface area contributed by atoms with Crippen LogP contribution >= 0.6 is 0 Å². The van der Waals surface area contributed by atoms with Gasteiger partial charge < -0.3 is 10.0 Å². The minimum atomic E-state index is -3.41. The number of aryl methyl sites for hydroxylation is 1. The molecular weight excluding hydrogens is 323 g/mol. The summed E-state index contributed by atoms with van der Waals surface area (Å²) >= 11 is 0. The van der Waals surface area contributed by atoms with Crippen molar-refractivity contribution in [3.63, 3.8) is 0 Å². The van der Waals surface area contributed by atoms with E-state index >= 15 is 0 Å². The third kappa shape index (κ3) is 5.18. The molecule has 0 radical (unpaired) electrons. The molecule has 8 heteroatoms. The Balaban J connectivity index is 2.08. The lowest BCUT2D eigenvalue weighted by atomic mass is 9.83. The molecule has 1 amide bonds. The van der Waals surface area contributed by atoms with Crippen molar-refractivity contribution in [3.8, 4) is 0 Å². The maximum Gasteiger partial charge on any atom is 0.407 e. The quantitative estimate of drug-likeness (QED) is 0.853. The van der Waals surface area contributed by atoms with Gasteiger partial charge in [-0.2, -0.15) is 0 Å². The van der Waals surface area contributed by atoms with Crippen molar-refractivity contribution < 1.29 is 22.7 Å². The molecule has 6 nitrogen and oxygen atoms in total. The molecule has 0 saturated carbocycles. The van der Waals surface area contributed by atoms with Crippen LogP contribution < -0.4 is 4.72 Å². The Morgan fingerprint density at radius 2 is 1.87 bits per heavy atom. The number of amides is 1. The number of likely N-dealkylation sites (tertiary alicyclic amines) is 1. The highest BCUT2D eigenvalue weighted by atomic mass is 32.2. The van der Waals surface area contributed by atoms with Gasteiger partial charge in [-0.15, -0.1) is 0 Å². The summed E-state index contributed by atoms with van der Waals surface area (Å²) in [5, 5.41) is 9.03. The minimum absolute atomic E-state index is 0.293. The Morgan fingerprint density at radius 1 is 1.30 bits per heavy atom. The normalized spacial score (nSPS) is 17.9. The molecule has 1 heterocycles. The van der Waals surface area contributed by atoms with Crippen LogP contribution in [-0.2, 0) is 16.4 Å². The molecule has 0 unspecified atom stereocenters. The molecule has 1 aliphatic rings. The molecule has 23 heavy (non-hydrogen) atoms. The lowest BCUT2D eigenvalue weighted by Crippen LogP contribution is -2.56. The summed E-state index contributed by atoms with van der Waals surface area (Å²) in [6.07, 6.45) is 2.10. The van der Waals surface area contributed by atoms with Gasteiger partial charge in [-0.05, 0) is 43.4 Å². The second kappa shape index (κ2) is 6.84. The molecule has 1 aromatic rings. The highest BCUT2D eigenvalue weighted by Crippen LogP contribution is 2.28. The number of nitrogens with one attached hydrogen (secondary N) is 1. The van der Waals surface area contributed by atoms with E-state index in [4.69, 9.17) is 5.11 Å². The summed E-state index contributed by atoms with van der Waals surface area (Å²) in [4.78, 5) is 12.3. The molecule has 1 aliphatic heterocycles. The van der Waals surface area contributed by atoms with E-state index in [9.17, 15) is 17.6 Å². The van der Waals surface area contributed by atoms with E-state index in [1.54, 1.807) is 12.1 Å². The topological polar surface area (TPSA) is 86.7 Å². The van der Waals surface area contributed by atoms with Crippen LogP contribution in [0.25, 0.3) is 0 Å². The van der Waals surface area contributed by atoms with E-state index in [2.05, 4.69) is 4.72 Å². The van der Waals surface area contributed by atoms with Gasteiger partial charge in [0.2, 0.25) is 10.0 Å². The van der Waals surface area contributed by atoms with Gasteiger partial charge in [-0.1, -0.05) is 12.1 Å². The van der Waals surface area contributed by atoms with Gasteiger partial charge in [0.1, 0.15) is 5.82 Å². The summed E-state index contributed by atoms with van der Waals surface area (Å²) in [5.41, 5.74) is 0.259. The molecule has 2 rings (SSSR count). The summed E-state index contributed by atoms with van der Waals surface area (Å²) in [6.45, 7) is 0.586. The molecular formula is C15H21FN2O4S. The number of carbonyl (C=O) groups is 1. The monoisotopic (exact) mass is 344 g/mol. The second-order valence-corrected chi connectivity index (χ2v) is 7.80. The number of hydrogen-bond donors (Lipinski definition) is 2. The number of carboxylic acid groups (broad SMARTS) is 1. The SMILES string of the molecule is CS(=O)(=O)NC1(CCc2ccc(F)cc2)CCN(C(=O)O)CC1. The van der Waals surface area contributed by atoms with Gasteiger partial charge in [0.15, 0.2) is 0 Å². The number of benzene rings is 1. The Labute approximate surface area is 135 Å². The fraction of sp³-hybridized carbons (Fsp3) is 0.533. The van der Waals surface area contributed by atoms with E-state index in [-0.39, 0.29) is 5.82 Å². The van der Waals surface area contributed by atoms with Crippen LogP contribution in [-0.4, -0.2) is 49.4 Å². The first-order valence-electron chi connectivity index (χ1n) is 7.40. The third-order valence-electron chi connectivity index (χ3n) is 4.20. The van der Waals surface area contributed by atoms with E-state index in [0.717, 1.165) is 11.8 Å². The van der Waals surface area contributed by atoms with Crippen molar-refractivity contribution in [2.75, 3.05) is 19.3 Å². The first kappa shape index (κ1) is 17.7. The molecule has 1 fully saturated rings. The Hall–Kier alpha value is -1.67. The van der Waals surface area contributed by atoms with E-state index in [1.165, 1.54) is 17.0 Å². The fourth-order valence-electron chi connectivity index (χ4n) is 2.96. The number of nitrogens with zero attached hydrogens (tertiary/aromatic N) is 1. The molecule has 0 atom stereocenters. The Morgan fingerprint density at radius 3 is 2.35 bits per heavy atom. The first-order valence-corrected chi connectivity index (χ1v) is 9.30. The van der Waals surface area contributed by atoms with Gasteiger partial charge in [0.25, 0.3) is 0 Å². The lowest BCUT2D eigenvalue weighted by Gasteiger charge is -2.41. The van der Waals surface area contributed by atoms with Crippen molar-refractivity contribution in [3.05, 3.63) is 35.6 Å². The molecule has 0 aliphatic carbocycles. The fourth-order valence-corrected chi connectivity index (χ4v) is 4.05. The van der Waals surface area contributed by atoms with Crippen LogP contribution in [0.2, 0.25) is 0 Å². The smallest absolute Gasteiger partial charge is 0.407 e. The van der Waals surface area contributed by atoms with Crippen LogP contribution in [0.15, 0.2) is 24.3 Å². The van der Waals surface area contributed by atoms with Crippen molar-refractivity contribution in [2.45, 2.75) is 31.2 Å². The zero-order valence-electron chi connectivity index (χ0n) is 13.0. The highest BCUT2D eigenvalue weighted by Gasteiger charge is 2.37. The maximum absolute atomic E-state index is 12.9. The van der Waals surface area contributed by atoms with Gasteiger partial charge in [0.05, 0.1) is 6.26 Å². The van der Waals surface area contributed by atoms with E-state index in [1.807, 2.05) is 0 Å². The van der Waals surface area contributed by atoms with Gasteiger partial charge in [0, 0.05) is 18.6 Å². The molecule has 0 bridgehead atoms. The predicted octanol–water partition coefficient (Wildman–Crippen LogP) is 1.82. The molecule has 0 aromatic heterocycles. The Bertz CT molecular complexity index is 653. The largest absolute Gasteiger partial charge is 0.465 e. The Kier molecular flexibility index (Phi) is 5.26. The van der Waals surface area contributed by atoms with Crippen LogP contribution in [0, 0.1) is 5.82 Å². The number of rotatable bonds is 5.